The van der Waals surface area contributed by atoms with Crippen LogP contribution in [0, 0.1) is 5.82 Å². The third-order valence-corrected chi connectivity index (χ3v) is 3.04. The Morgan fingerprint density at radius 2 is 2.22 bits per heavy atom. The van der Waals surface area contributed by atoms with E-state index in [1.54, 1.807) is 12.1 Å². The number of benzene rings is 1. The number of nitrogen functional groups attached to an aromatic ring is 1. The standard InChI is InChI=1S/C13H16FN3O/c14-10-2-1-3-11(15)13(10)9-4-6-17(7-5-9)8-12(16)18/h1-4H,5-8,15H2,(H2,16,18). The van der Waals surface area contributed by atoms with Crippen LogP contribution in [-0.2, 0) is 4.79 Å². The first kappa shape index (κ1) is 12.6. The fourth-order valence-electron chi connectivity index (χ4n) is 2.18. The molecule has 0 aromatic heterocycles. The molecule has 5 heteroatoms. The quantitative estimate of drug-likeness (QED) is 0.784. The number of primary amides is 1. The number of hydrogen-bond donors (Lipinski definition) is 2. The van der Waals surface area contributed by atoms with Gasteiger partial charge < -0.3 is 11.5 Å². The van der Waals surface area contributed by atoms with Crippen LogP contribution in [0.1, 0.15) is 12.0 Å². The molecular formula is C13H16FN3O. The zero-order chi connectivity index (χ0) is 13.1. The third kappa shape index (κ3) is 2.68. The van der Waals surface area contributed by atoms with Gasteiger partial charge in [-0.15, -0.1) is 0 Å². The van der Waals surface area contributed by atoms with Crippen molar-refractivity contribution in [3.8, 4) is 0 Å². The van der Waals surface area contributed by atoms with Crippen molar-refractivity contribution in [3.05, 3.63) is 35.7 Å². The lowest BCUT2D eigenvalue weighted by Crippen LogP contribution is -2.36. The number of nitrogens with two attached hydrogens (primary N) is 2. The molecule has 4 nitrogen and oxygen atoms in total. The van der Waals surface area contributed by atoms with Crippen LogP contribution in [0.5, 0.6) is 0 Å². The lowest BCUT2D eigenvalue weighted by molar-refractivity contribution is -0.119. The average Bonchev–Trinajstić information content (AvgIpc) is 2.30. The number of rotatable bonds is 3. The Kier molecular flexibility index (Phi) is 3.62. The van der Waals surface area contributed by atoms with Gasteiger partial charge in [0.2, 0.25) is 5.91 Å². The molecule has 0 fully saturated rings. The predicted octanol–water partition coefficient (Wildman–Crippen LogP) is 0.982. The highest BCUT2D eigenvalue weighted by Crippen LogP contribution is 2.29. The fourth-order valence-corrected chi connectivity index (χ4v) is 2.18. The highest BCUT2D eigenvalue weighted by molar-refractivity contribution is 5.77. The normalized spacial score (nSPS) is 16.4. The van der Waals surface area contributed by atoms with E-state index >= 15 is 0 Å². The van der Waals surface area contributed by atoms with Crippen molar-refractivity contribution in [3.63, 3.8) is 0 Å². The second-order valence-electron chi connectivity index (χ2n) is 4.38. The Hall–Kier alpha value is -1.88. The van der Waals surface area contributed by atoms with Gasteiger partial charge in [0, 0.05) is 24.3 Å². The van der Waals surface area contributed by atoms with Gasteiger partial charge in [-0.3, -0.25) is 9.69 Å². The zero-order valence-electron chi connectivity index (χ0n) is 10.0. The minimum Gasteiger partial charge on any atom is -0.398 e. The molecule has 0 radical (unpaired) electrons. The van der Waals surface area contributed by atoms with Crippen molar-refractivity contribution >= 4 is 17.2 Å². The Morgan fingerprint density at radius 1 is 1.44 bits per heavy atom. The number of hydrogen-bond acceptors (Lipinski definition) is 3. The summed E-state index contributed by atoms with van der Waals surface area (Å²) in [7, 11) is 0. The second-order valence-corrected chi connectivity index (χ2v) is 4.38. The van der Waals surface area contributed by atoms with Crippen LogP contribution in [0.15, 0.2) is 24.3 Å². The van der Waals surface area contributed by atoms with Crippen molar-refractivity contribution < 1.29 is 9.18 Å². The van der Waals surface area contributed by atoms with E-state index in [2.05, 4.69) is 0 Å². The minimum absolute atomic E-state index is 0.233. The molecule has 18 heavy (non-hydrogen) atoms. The fraction of sp³-hybridized carbons (Fsp3) is 0.308. The zero-order valence-corrected chi connectivity index (χ0v) is 10.0. The van der Waals surface area contributed by atoms with Gasteiger partial charge in [-0.2, -0.15) is 0 Å². The van der Waals surface area contributed by atoms with Crippen LogP contribution in [0.3, 0.4) is 0 Å². The van der Waals surface area contributed by atoms with Crippen molar-refractivity contribution in [1.29, 1.82) is 0 Å². The lowest BCUT2D eigenvalue weighted by Gasteiger charge is -2.25. The van der Waals surface area contributed by atoms with Crippen molar-refractivity contribution in [2.45, 2.75) is 6.42 Å². The third-order valence-electron chi connectivity index (χ3n) is 3.04. The molecule has 1 aromatic rings. The summed E-state index contributed by atoms with van der Waals surface area (Å²) < 4.78 is 13.7. The summed E-state index contributed by atoms with van der Waals surface area (Å²) in [6.07, 6.45) is 2.57. The van der Waals surface area contributed by atoms with Crippen LogP contribution in [0.25, 0.3) is 5.57 Å². The molecule has 4 N–H and O–H groups in total. The van der Waals surface area contributed by atoms with Gasteiger partial charge in [-0.25, -0.2) is 4.39 Å². The second kappa shape index (κ2) is 5.18. The van der Waals surface area contributed by atoms with E-state index in [0.717, 1.165) is 5.57 Å². The number of amides is 1. The van der Waals surface area contributed by atoms with Gasteiger partial charge in [0.1, 0.15) is 5.82 Å². The summed E-state index contributed by atoms with van der Waals surface area (Å²) in [6.45, 7) is 1.51. The molecule has 0 unspecified atom stereocenters. The molecule has 0 spiro atoms. The lowest BCUT2D eigenvalue weighted by atomic mass is 9.97. The minimum atomic E-state index is -0.350. The molecule has 2 rings (SSSR count). The Morgan fingerprint density at radius 3 is 2.78 bits per heavy atom. The Balaban J connectivity index is 2.17. The molecule has 0 bridgehead atoms. The Labute approximate surface area is 105 Å². The van der Waals surface area contributed by atoms with Gasteiger partial charge >= 0.3 is 0 Å². The topological polar surface area (TPSA) is 72.4 Å². The van der Waals surface area contributed by atoms with Crippen LogP contribution < -0.4 is 11.5 Å². The van der Waals surface area contributed by atoms with Crippen molar-refractivity contribution in [2.75, 3.05) is 25.4 Å². The summed E-state index contributed by atoms with van der Waals surface area (Å²) in [5, 5.41) is 0. The first-order valence-electron chi connectivity index (χ1n) is 5.82. The smallest absolute Gasteiger partial charge is 0.231 e. The molecule has 0 aliphatic carbocycles. The van der Waals surface area contributed by atoms with E-state index < -0.39 is 0 Å². The maximum absolute atomic E-state index is 13.7. The van der Waals surface area contributed by atoms with E-state index in [1.807, 2.05) is 11.0 Å². The summed E-state index contributed by atoms with van der Waals surface area (Å²) in [5.41, 5.74) is 12.8. The molecule has 1 aliphatic rings. The number of carbonyl (C=O) groups excluding carboxylic acids is 1. The van der Waals surface area contributed by atoms with Crippen LogP contribution in [-0.4, -0.2) is 30.4 Å². The van der Waals surface area contributed by atoms with Crippen LogP contribution in [0.2, 0.25) is 0 Å². The maximum atomic E-state index is 13.7. The monoisotopic (exact) mass is 249 g/mol. The van der Waals surface area contributed by atoms with Crippen molar-refractivity contribution in [2.24, 2.45) is 5.73 Å². The molecule has 96 valence electrons. The average molecular weight is 249 g/mol. The molecular weight excluding hydrogens is 233 g/mol. The van der Waals surface area contributed by atoms with Crippen molar-refractivity contribution in [1.82, 2.24) is 4.90 Å². The van der Waals surface area contributed by atoms with E-state index in [9.17, 15) is 9.18 Å². The summed E-state index contributed by atoms with van der Waals surface area (Å²) in [5.74, 6) is -0.651. The molecule has 0 saturated carbocycles. The molecule has 0 saturated heterocycles. The first-order valence-corrected chi connectivity index (χ1v) is 5.82. The van der Waals surface area contributed by atoms with E-state index in [0.29, 0.717) is 30.8 Å². The van der Waals surface area contributed by atoms with Gasteiger partial charge in [0.25, 0.3) is 0 Å². The number of carbonyl (C=O) groups is 1. The van der Waals surface area contributed by atoms with E-state index in [-0.39, 0.29) is 18.3 Å². The SMILES string of the molecule is NC(=O)CN1CC=C(c2c(N)cccc2F)CC1. The number of halogens is 1. The predicted molar refractivity (Wildman–Crippen MR) is 69.0 cm³/mol. The molecule has 1 aliphatic heterocycles. The van der Waals surface area contributed by atoms with Gasteiger partial charge in [0.15, 0.2) is 0 Å². The Bertz CT molecular complexity index is 479. The number of nitrogens with zero attached hydrogens (tertiary/aromatic N) is 1. The highest BCUT2D eigenvalue weighted by atomic mass is 19.1. The summed E-state index contributed by atoms with van der Waals surface area (Å²) in [4.78, 5) is 12.7. The van der Waals surface area contributed by atoms with Gasteiger partial charge in [-0.1, -0.05) is 12.1 Å². The van der Waals surface area contributed by atoms with E-state index in [4.69, 9.17) is 11.5 Å². The van der Waals surface area contributed by atoms with E-state index in [1.165, 1.54) is 6.07 Å². The molecule has 1 heterocycles. The molecule has 0 atom stereocenters. The van der Waals surface area contributed by atoms with Crippen LogP contribution in [0.4, 0.5) is 10.1 Å². The maximum Gasteiger partial charge on any atom is 0.231 e. The number of anilines is 1. The van der Waals surface area contributed by atoms with Crippen LogP contribution >= 0.6 is 0 Å². The first-order chi connectivity index (χ1) is 8.58. The molecule has 1 amide bonds. The summed E-state index contributed by atoms with van der Waals surface area (Å²) in [6, 6.07) is 4.69. The largest absolute Gasteiger partial charge is 0.398 e. The highest BCUT2D eigenvalue weighted by Gasteiger charge is 2.18. The molecule has 1 aromatic carbocycles. The summed E-state index contributed by atoms with van der Waals surface area (Å²) >= 11 is 0. The van der Waals surface area contributed by atoms with Gasteiger partial charge in [-0.05, 0) is 24.1 Å². The van der Waals surface area contributed by atoms with Gasteiger partial charge in [0.05, 0.1) is 6.54 Å².